The number of methoxy groups -OCH3 is 2. The van der Waals surface area contributed by atoms with Gasteiger partial charge in [-0.15, -0.1) is 0 Å². The van der Waals surface area contributed by atoms with Crippen molar-refractivity contribution in [3.8, 4) is 5.75 Å². The third kappa shape index (κ3) is 4.20. The molecular formula is C21H25NO5S. The molecule has 6 nitrogen and oxygen atoms in total. The van der Waals surface area contributed by atoms with Crippen molar-refractivity contribution in [3.63, 3.8) is 0 Å². The number of nitrogens with zero attached hydrogens (tertiary/aromatic N) is 1. The van der Waals surface area contributed by atoms with Crippen LogP contribution < -0.4 is 4.74 Å². The van der Waals surface area contributed by atoms with Gasteiger partial charge < -0.3 is 9.47 Å². The van der Waals surface area contributed by atoms with E-state index in [1.54, 1.807) is 11.4 Å². The second-order valence-electron chi connectivity index (χ2n) is 6.77. The summed E-state index contributed by atoms with van der Waals surface area (Å²) in [6, 6.07) is 13.3. The van der Waals surface area contributed by atoms with E-state index in [0.717, 1.165) is 37.0 Å². The van der Waals surface area contributed by atoms with Crippen molar-refractivity contribution < 1.29 is 22.7 Å². The fraction of sp³-hybridized carbons (Fsp3) is 0.381. The second kappa shape index (κ2) is 8.75. The Kier molecular flexibility index (Phi) is 6.36. The van der Waals surface area contributed by atoms with Gasteiger partial charge in [0.05, 0.1) is 30.7 Å². The molecule has 0 aromatic heterocycles. The minimum Gasteiger partial charge on any atom is -0.497 e. The highest BCUT2D eigenvalue weighted by molar-refractivity contribution is 7.89. The van der Waals surface area contributed by atoms with Gasteiger partial charge in [0.1, 0.15) is 5.75 Å². The SMILES string of the molecule is COC(=O)c1ccc(S(=O)(=O)N2CCCCC[C@H]2c2ccc(OC)cc2)cc1. The summed E-state index contributed by atoms with van der Waals surface area (Å²) in [4.78, 5) is 11.8. The van der Waals surface area contributed by atoms with E-state index in [1.807, 2.05) is 24.3 Å². The van der Waals surface area contributed by atoms with Crippen LogP contribution in [-0.4, -0.2) is 39.5 Å². The third-order valence-electron chi connectivity index (χ3n) is 5.09. The van der Waals surface area contributed by atoms with Crippen molar-refractivity contribution in [3.05, 3.63) is 59.7 Å². The van der Waals surface area contributed by atoms with Crippen LogP contribution in [0.1, 0.15) is 47.6 Å². The Morgan fingerprint density at radius 3 is 2.25 bits per heavy atom. The van der Waals surface area contributed by atoms with Crippen LogP contribution in [0.3, 0.4) is 0 Å². The zero-order valence-corrected chi connectivity index (χ0v) is 16.9. The second-order valence-corrected chi connectivity index (χ2v) is 8.66. The van der Waals surface area contributed by atoms with Crippen molar-refractivity contribution in [2.45, 2.75) is 36.6 Å². The van der Waals surface area contributed by atoms with Crippen LogP contribution in [0.2, 0.25) is 0 Å². The van der Waals surface area contributed by atoms with Crippen LogP contribution in [0.4, 0.5) is 0 Å². The molecule has 0 bridgehead atoms. The number of sulfonamides is 1. The highest BCUT2D eigenvalue weighted by Gasteiger charge is 2.33. The van der Waals surface area contributed by atoms with E-state index in [9.17, 15) is 13.2 Å². The van der Waals surface area contributed by atoms with E-state index < -0.39 is 16.0 Å². The third-order valence-corrected chi connectivity index (χ3v) is 7.01. The Morgan fingerprint density at radius 1 is 0.964 bits per heavy atom. The van der Waals surface area contributed by atoms with Crippen LogP contribution >= 0.6 is 0 Å². The van der Waals surface area contributed by atoms with Crippen molar-refractivity contribution in [1.29, 1.82) is 0 Å². The predicted molar refractivity (Wildman–Crippen MR) is 106 cm³/mol. The van der Waals surface area contributed by atoms with E-state index in [4.69, 9.17) is 4.74 Å². The summed E-state index contributed by atoms with van der Waals surface area (Å²) in [7, 11) is -0.796. The number of carbonyl (C=O) groups is 1. The molecule has 3 rings (SSSR count). The van der Waals surface area contributed by atoms with E-state index in [2.05, 4.69) is 4.74 Å². The molecule has 0 aliphatic carbocycles. The standard InChI is InChI=1S/C21H25NO5S/c1-26-18-11-7-16(8-12-18)20-6-4-3-5-15-22(20)28(24,25)19-13-9-17(10-14-19)21(23)27-2/h7-14,20H,3-6,15H2,1-2H3/t20-/m0/s1. The first-order valence-corrected chi connectivity index (χ1v) is 10.8. The molecule has 1 aliphatic heterocycles. The van der Waals surface area contributed by atoms with E-state index in [1.165, 1.54) is 31.4 Å². The fourth-order valence-corrected chi connectivity index (χ4v) is 5.23. The summed E-state index contributed by atoms with van der Waals surface area (Å²) in [5.74, 6) is 0.250. The normalized spacial score (nSPS) is 18.3. The molecule has 150 valence electrons. The fourth-order valence-electron chi connectivity index (χ4n) is 3.54. The number of esters is 1. The number of hydrogen-bond acceptors (Lipinski definition) is 5. The first kappa shape index (κ1) is 20.4. The van der Waals surface area contributed by atoms with Gasteiger partial charge in [0.25, 0.3) is 0 Å². The van der Waals surface area contributed by atoms with Crippen LogP contribution in [0.5, 0.6) is 5.75 Å². The Balaban J connectivity index is 1.94. The highest BCUT2D eigenvalue weighted by Crippen LogP contribution is 2.35. The topological polar surface area (TPSA) is 72.9 Å². The zero-order valence-electron chi connectivity index (χ0n) is 16.1. The minimum atomic E-state index is -3.70. The molecule has 1 fully saturated rings. The van der Waals surface area contributed by atoms with Gasteiger partial charge >= 0.3 is 5.97 Å². The molecule has 0 amide bonds. The zero-order chi connectivity index (χ0) is 20.1. The van der Waals surface area contributed by atoms with E-state index in [-0.39, 0.29) is 10.9 Å². The maximum Gasteiger partial charge on any atom is 0.337 e. The summed E-state index contributed by atoms with van der Waals surface area (Å²) in [5.41, 5.74) is 1.28. The van der Waals surface area contributed by atoms with Gasteiger partial charge in [0, 0.05) is 6.54 Å². The summed E-state index contributed by atoms with van der Waals surface area (Å²) >= 11 is 0. The Bertz CT molecular complexity index is 907. The number of carbonyl (C=O) groups excluding carboxylic acids is 1. The Morgan fingerprint density at radius 2 is 1.64 bits per heavy atom. The average molecular weight is 404 g/mol. The lowest BCUT2D eigenvalue weighted by atomic mass is 10.0. The van der Waals surface area contributed by atoms with Gasteiger partial charge in [0.15, 0.2) is 0 Å². The van der Waals surface area contributed by atoms with Crippen LogP contribution in [0, 0.1) is 0 Å². The Labute approximate surface area is 166 Å². The van der Waals surface area contributed by atoms with Crippen molar-refractivity contribution in [2.75, 3.05) is 20.8 Å². The largest absolute Gasteiger partial charge is 0.497 e. The lowest BCUT2D eigenvalue weighted by molar-refractivity contribution is 0.0600. The molecule has 1 atom stereocenters. The molecule has 0 N–H and O–H groups in total. The maximum absolute atomic E-state index is 13.4. The highest BCUT2D eigenvalue weighted by atomic mass is 32.2. The first-order chi connectivity index (χ1) is 13.5. The molecule has 7 heteroatoms. The lowest BCUT2D eigenvalue weighted by Gasteiger charge is -2.29. The van der Waals surface area contributed by atoms with Crippen molar-refractivity contribution >= 4 is 16.0 Å². The molecule has 28 heavy (non-hydrogen) atoms. The van der Waals surface area contributed by atoms with Crippen LogP contribution in [0.25, 0.3) is 0 Å². The molecule has 0 saturated carbocycles. The summed E-state index contributed by atoms with van der Waals surface area (Å²) in [6.07, 6.45) is 3.57. The number of hydrogen-bond donors (Lipinski definition) is 0. The smallest absolute Gasteiger partial charge is 0.337 e. The minimum absolute atomic E-state index is 0.181. The van der Waals surface area contributed by atoms with Crippen LogP contribution in [-0.2, 0) is 14.8 Å². The van der Waals surface area contributed by atoms with Gasteiger partial charge in [-0.05, 0) is 54.8 Å². The monoisotopic (exact) mass is 403 g/mol. The lowest BCUT2D eigenvalue weighted by Crippen LogP contribution is -2.34. The molecule has 1 saturated heterocycles. The van der Waals surface area contributed by atoms with E-state index >= 15 is 0 Å². The van der Waals surface area contributed by atoms with Crippen molar-refractivity contribution in [2.24, 2.45) is 0 Å². The molecule has 2 aromatic rings. The van der Waals surface area contributed by atoms with Crippen LogP contribution in [0.15, 0.2) is 53.4 Å². The molecule has 1 heterocycles. The van der Waals surface area contributed by atoms with Gasteiger partial charge in [-0.2, -0.15) is 4.31 Å². The number of ether oxygens (including phenoxy) is 2. The maximum atomic E-state index is 13.4. The first-order valence-electron chi connectivity index (χ1n) is 9.31. The number of benzene rings is 2. The quantitative estimate of drug-likeness (QED) is 0.710. The molecule has 2 aromatic carbocycles. The van der Waals surface area contributed by atoms with Crippen molar-refractivity contribution in [1.82, 2.24) is 4.31 Å². The molecule has 0 unspecified atom stereocenters. The van der Waals surface area contributed by atoms with Gasteiger partial charge in [0.2, 0.25) is 10.0 Å². The van der Waals surface area contributed by atoms with E-state index in [0.29, 0.717) is 12.1 Å². The molecule has 0 spiro atoms. The average Bonchev–Trinajstić information content (AvgIpc) is 3.00. The predicted octanol–water partition coefficient (Wildman–Crippen LogP) is 3.79. The molecule has 0 radical (unpaired) electrons. The van der Waals surface area contributed by atoms with Gasteiger partial charge in [-0.1, -0.05) is 25.0 Å². The summed E-state index contributed by atoms with van der Waals surface area (Å²) in [5, 5.41) is 0. The van der Waals surface area contributed by atoms with Gasteiger partial charge in [-0.25, -0.2) is 13.2 Å². The number of rotatable bonds is 5. The van der Waals surface area contributed by atoms with Gasteiger partial charge in [-0.3, -0.25) is 0 Å². The summed E-state index contributed by atoms with van der Waals surface area (Å²) < 4.78 is 38.3. The molecular weight excluding hydrogens is 378 g/mol. The Hall–Kier alpha value is -2.38. The summed E-state index contributed by atoms with van der Waals surface area (Å²) in [6.45, 7) is 0.470. The molecule has 1 aliphatic rings.